The zero-order valence-corrected chi connectivity index (χ0v) is 13.7. The van der Waals surface area contributed by atoms with Gasteiger partial charge in [-0.1, -0.05) is 13.3 Å². The standard InChI is InChI=1S/C11H13I2NO3/c1-2-3-4-17-10(15)7-14-5-8(12)11(16)9(13)6-14/h5-6H,2-4,7H2,1H3. The molecular formula is C11H13I2NO3. The summed E-state index contributed by atoms with van der Waals surface area (Å²) in [5, 5.41) is 0. The van der Waals surface area contributed by atoms with Crippen molar-refractivity contribution in [2.24, 2.45) is 0 Å². The fraction of sp³-hybridized carbons (Fsp3) is 0.455. The maximum atomic E-state index is 11.5. The fourth-order valence-electron chi connectivity index (χ4n) is 1.18. The van der Waals surface area contributed by atoms with Crippen molar-refractivity contribution >= 4 is 51.2 Å². The first-order valence-electron chi connectivity index (χ1n) is 5.25. The molecule has 0 bridgehead atoms. The predicted octanol–water partition coefficient (Wildman–Crippen LogP) is 2.40. The zero-order chi connectivity index (χ0) is 12.8. The van der Waals surface area contributed by atoms with Gasteiger partial charge in [-0.25, -0.2) is 0 Å². The van der Waals surface area contributed by atoms with Gasteiger partial charge in [0.25, 0.3) is 0 Å². The molecule has 1 aromatic heterocycles. The highest BCUT2D eigenvalue weighted by Gasteiger charge is 2.07. The molecule has 0 unspecified atom stereocenters. The van der Waals surface area contributed by atoms with Crippen molar-refractivity contribution in [1.29, 1.82) is 0 Å². The lowest BCUT2D eigenvalue weighted by Gasteiger charge is -2.08. The molecule has 0 N–H and O–H groups in total. The summed E-state index contributed by atoms with van der Waals surface area (Å²) in [6.07, 6.45) is 5.20. The van der Waals surface area contributed by atoms with Crippen LogP contribution < -0.4 is 5.43 Å². The third-order valence-electron chi connectivity index (χ3n) is 2.06. The van der Waals surface area contributed by atoms with Crippen molar-refractivity contribution in [3.8, 4) is 0 Å². The van der Waals surface area contributed by atoms with Crippen LogP contribution in [0.15, 0.2) is 17.2 Å². The molecule has 0 aliphatic carbocycles. The Bertz CT molecular complexity index is 430. The molecule has 0 radical (unpaired) electrons. The summed E-state index contributed by atoms with van der Waals surface area (Å²) in [6, 6.07) is 0. The van der Waals surface area contributed by atoms with E-state index in [-0.39, 0.29) is 17.9 Å². The van der Waals surface area contributed by atoms with Crippen LogP contribution in [-0.4, -0.2) is 17.1 Å². The maximum absolute atomic E-state index is 11.5. The molecule has 0 spiro atoms. The van der Waals surface area contributed by atoms with Gasteiger partial charge in [0.05, 0.1) is 13.7 Å². The minimum atomic E-state index is -0.270. The highest BCUT2D eigenvalue weighted by atomic mass is 127. The number of ether oxygens (including phenoxy) is 1. The third kappa shape index (κ3) is 4.94. The molecular weight excluding hydrogens is 448 g/mol. The molecule has 4 nitrogen and oxygen atoms in total. The molecule has 0 saturated carbocycles. The Labute approximate surface area is 127 Å². The van der Waals surface area contributed by atoms with Crippen LogP contribution in [-0.2, 0) is 16.1 Å². The highest BCUT2D eigenvalue weighted by Crippen LogP contribution is 2.04. The van der Waals surface area contributed by atoms with Crippen molar-refractivity contribution in [1.82, 2.24) is 4.57 Å². The Morgan fingerprint density at radius 1 is 1.35 bits per heavy atom. The van der Waals surface area contributed by atoms with Crippen LogP contribution in [0, 0.1) is 7.14 Å². The van der Waals surface area contributed by atoms with Crippen molar-refractivity contribution in [3.63, 3.8) is 0 Å². The Balaban J connectivity index is 2.63. The second kappa shape index (κ2) is 7.34. The minimum absolute atomic E-state index is 0.00167. The summed E-state index contributed by atoms with van der Waals surface area (Å²) in [5.74, 6) is -0.270. The van der Waals surface area contributed by atoms with E-state index in [1.165, 1.54) is 0 Å². The average molecular weight is 461 g/mol. The van der Waals surface area contributed by atoms with Crippen LogP contribution in [0.1, 0.15) is 19.8 Å². The third-order valence-corrected chi connectivity index (χ3v) is 3.60. The van der Waals surface area contributed by atoms with Gasteiger partial charge in [0.2, 0.25) is 5.43 Å². The smallest absolute Gasteiger partial charge is 0.325 e. The number of nitrogens with zero attached hydrogens (tertiary/aromatic N) is 1. The monoisotopic (exact) mass is 461 g/mol. The van der Waals surface area contributed by atoms with Gasteiger partial charge in [-0.15, -0.1) is 0 Å². The van der Waals surface area contributed by atoms with Crippen molar-refractivity contribution in [2.45, 2.75) is 26.3 Å². The number of rotatable bonds is 5. The lowest BCUT2D eigenvalue weighted by Crippen LogP contribution is -2.19. The molecule has 17 heavy (non-hydrogen) atoms. The quantitative estimate of drug-likeness (QED) is 0.385. The summed E-state index contributed by atoms with van der Waals surface area (Å²) in [5.41, 5.74) is 0.00167. The van der Waals surface area contributed by atoms with E-state index in [9.17, 15) is 9.59 Å². The van der Waals surface area contributed by atoms with Gasteiger partial charge in [-0.2, -0.15) is 0 Å². The minimum Gasteiger partial charge on any atom is -0.464 e. The van der Waals surface area contributed by atoms with Crippen LogP contribution in [0.5, 0.6) is 0 Å². The van der Waals surface area contributed by atoms with Crippen LogP contribution in [0.2, 0.25) is 0 Å². The lowest BCUT2D eigenvalue weighted by molar-refractivity contribution is -0.144. The van der Waals surface area contributed by atoms with Gasteiger partial charge in [-0.05, 0) is 51.6 Å². The molecule has 1 heterocycles. The summed E-state index contributed by atoms with van der Waals surface area (Å²) >= 11 is 3.93. The number of carbonyl (C=O) groups is 1. The van der Waals surface area contributed by atoms with Gasteiger partial charge >= 0.3 is 5.97 Å². The van der Waals surface area contributed by atoms with E-state index in [0.717, 1.165) is 12.8 Å². The van der Waals surface area contributed by atoms with Crippen LogP contribution >= 0.6 is 45.2 Å². The molecule has 0 amide bonds. The van der Waals surface area contributed by atoms with Gasteiger partial charge in [0.1, 0.15) is 6.54 Å². The number of aromatic nitrogens is 1. The second-order valence-electron chi connectivity index (χ2n) is 3.53. The highest BCUT2D eigenvalue weighted by molar-refractivity contribution is 14.1. The average Bonchev–Trinajstić information content (AvgIpc) is 2.26. The van der Waals surface area contributed by atoms with E-state index in [0.29, 0.717) is 13.7 Å². The topological polar surface area (TPSA) is 48.3 Å². The number of esters is 1. The molecule has 1 rings (SSSR count). The van der Waals surface area contributed by atoms with E-state index in [4.69, 9.17) is 4.74 Å². The number of hydrogen-bond acceptors (Lipinski definition) is 3. The van der Waals surface area contributed by atoms with Crippen molar-refractivity contribution in [3.05, 3.63) is 29.8 Å². The molecule has 0 aliphatic heterocycles. The van der Waals surface area contributed by atoms with E-state index < -0.39 is 0 Å². The Morgan fingerprint density at radius 2 is 1.94 bits per heavy atom. The molecule has 0 saturated heterocycles. The summed E-state index contributed by atoms with van der Waals surface area (Å²) in [6.45, 7) is 2.65. The van der Waals surface area contributed by atoms with Gasteiger partial charge in [0.15, 0.2) is 0 Å². The zero-order valence-electron chi connectivity index (χ0n) is 9.41. The van der Waals surface area contributed by atoms with Crippen molar-refractivity contribution in [2.75, 3.05) is 6.61 Å². The summed E-state index contributed by atoms with van der Waals surface area (Å²) in [4.78, 5) is 22.9. The van der Waals surface area contributed by atoms with Crippen LogP contribution in [0.25, 0.3) is 0 Å². The van der Waals surface area contributed by atoms with E-state index >= 15 is 0 Å². The number of pyridine rings is 1. The predicted molar refractivity (Wildman–Crippen MR) is 82.0 cm³/mol. The molecule has 0 aromatic carbocycles. The van der Waals surface area contributed by atoms with E-state index in [1.54, 1.807) is 17.0 Å². The van der Waals surface area contributed by atoms with Crippen LogP contribution in [0.3, 0.4) is 0 Å². The maximum Gasteiger partial charge on any atom is 0.325 e. The van der Waals surface area contributed by atoms with Crippen molar-refractivity contribution < 1.29 is 9.53 Å². The first kappa shape index (κ1) is 14.9. The molecule has 94 valence electrons. The van der Waals surface area contributed by atoms with Gasteiger partial charge < -0.3 is 9.30 Å². The summed E-state index contributed by atoms with van der Waals surface area (Å²) < 4.78 is 7.95. The first-order chi connectivity index (χ1) is 8.04. The number of unbranched alkanes of at least 4 members (excludes halogenated alkanes) is 1. The summed E-state index contributed by atoms with van der Waals surface area (Å²) in [7, 11) is 0. The largest absolute Gasteiger partial charge is 0.464 e. The number of hydrogen-bond donors (Lipinski definition) is 0. The Hall–Kier alpha value is -0.120. The van der Waals surface area contributed by atoms with E-state index in [2.05, 4.69) is 0 Å². The van der Waals surface area contributed by atoms with E-state index in [1.807, 2.05) is 52.1 Å². The van der Waals surface area contributed by atoms with Crippen LogP contribution in [0.4, 0.5) is 0 Å². The molecule has 0 aliphatic rings. The fourth-order valence-corrected chi connectivity index (χ4v) is 2.99. The second-order valence-corrected chi connectivity index (χ2v) is 5.85. The molecule has 1 aromatic rings. The van der Waals surface area contributed by atoms with Gasteiger partial charge in [0, 0.05) is 12.4 Å². The SMILES string of the molecule is CCCCOC(=O)Cn1cc(I)c(=O)c(I)c1. The molecule has 0 atom stereocenters. The molecule has 6 heteroatoms. The Kier molecular flexibility index (Phi) is 6.45. The first-order valence-corrected chi connectivity index (χ1v) is 7.41. The Morgan fingerprint density at radius 3 is 2.47 bits per heavy atom. The molecule has 0 fully saturated rings. The lowest BCUT2D eigenvalue weighted by atomic mass is 10.4. The van der Waals surface area contributed by atoms with Gasteiger partial charge in [-0.3, -0.25) is 9.59 Å². The number of carbonyl (C=O) groups excluding carboxylic acids is 1. The number of halogens is 2. The normalized spacial score (nSPS) is 10.3.